The smallest absolute Gasteiger partial charge is 0.271 e. The van der Waals surface area contributed by atoms with E-state index in [1.54, 1.807) is 36.7 Å². The average molecular weight is 348 g/mol. The lowest BCUT2D eigenvalue weighted by atomic mass is 10.1. The van der Waals surface area contributed by atoms with E-state index in [9.17, 15) is 9.59 Å². The summed E-state index contributed by atoms with van der Waals surface area (Å²) in [5.74, 6) is -0.742. The van der Waals surface area contributed by atoms with E-state index in [-0.39, 0.29) is 11.8 Å². The van der Waals surface area contributed by atoms with Crippen molar-refractivity contribution in [2.75, 3.05) is 0 Å². The molecule has 3 rings (SSSR count). The first-order chi connectivity index (χ1) is 12.7. The molecule has 0 fully saturated rings. The van der Waals surface area contributed by atoms with E-state index in [0.717, 1.165) is 11.4 Å². The second-order valence-electron chi connectivity index (χ2n) is 5.23. The standard InChI is InChI=1S/C18H16N6O2/c25-17(23-21-11-15-3-1-9-19-15)13-5-7-14(8-6-13)18(26)24-22-12-16-4-2-10-20-16/h1-12,19-20H,(H,23,25)(H,24,26)/b21-11+,22-12+. The third kappa shape index (κ3) is 4.54. The van der Waals surface area contributed by atoms with Gasteiger partial charge in [0.15, 0.2) is 0 Å². The quantitative estimate of drug-likeness (QED) is 0.402. The van der Waals surface area contributed by atoms with E-state index in [4.69, 9.17) is 0 Å². The van der Waals surface area contributed by atoms with Crippen LogP contribution in [-0.2, 0) is 0 Å². The lowest BCUT2D eigenvalue weighted by molar-refractivity contribution is 0.0943. The molecule has 0 aliphatic heterocycles. The number of rotatable bonds is 6. The zero-order valence-electron chi connectivity index (χ0n) is 13.6. The number of aromatic amines is 2. The van der Waals surface area contributed by atoms with Crippen LogP contribution in [0.1, 0.15) is 32.1 Å². The Bertz CT molecular complexity index is 832. The van der Waals surface area contributed by atoms with E-state index >= 15 is 0 Å². The topological polar surface area (TPSA) is 114 Å². The highest BCUT2D eigenvalue weighted by Gasteiger charge is 2.08. The maximum absolute atomic E-state index is 12.0. The Hall–Kier alpha value is -3.94. The molecule has 1 aromatic carbocycles. The van der Waals surface area contributed by atoms with Crippen molar-refractivity contribution in [1.29, 1.82) is 0 Å². The van der Waals surface area contributed by atoms with Crippen LogP contribution in [0.25, 0.3) is 0 Å². The summed E-state index contributed by atoms with van der Waals surface area (Å²) in [4.78, 5) is 29.9. The molecule has 2 heterocycles. The fourth-order valence-electron chi connectivity index (χ4n) is 2.07. The Kier molecular flexibility index (Phi) is 5.36. The van der Waals surface area contributed by atoms with Crippen LogP contribution in [0.4, 0.5) is 0 Å². The highest BCUT2D eigenvalue weighted by Crippen LogP contribution is 2.04. The number of carbonyl (C=O) groups is 2. The summed E-state index contributed by atoms with van der Waals surface area (Å²) in [6, 6.07) is 13.5. The first-order valence-electron chi connectivity index (χ1n) is 7.76. The van der Waals surface area contributed by atoms with Crippen molar-refractivity contribution in [3.05, 3.63) is 83.4 Å². The van der Waals surface area contributed by atoms with Crippen molar-refractivity contribution >= 4 is 24.2 Å². The predicted octanol–water partition coefficient (Wildman–Crippen LogP) is 1.87. The van der Waals surface area contributed by atoms with E-state index in [1.807, 2.05) is 24.3 Å². The zero-order chi connectivity index (χ0) is 18.2. The summed E-state index contributed by atoms with van der Waals surface area (Å²) in [6.45, 7) is 0. The highest BCUT2D eigenvalue weighted by atomic mass is 16.2. The highest BCUT2D eigenvalue weighted by molar-refractivity contribution is 5.98. The average Bonchev–Trinajstić information content (AvgIpc) is 3.36. The summed E-state index contributed by atoms with van der Waals surface area (Å²) >= 11 is 0. The van der Waals surface area contributed by atoms with E-state index in [1.165, 1.54) is 12.4 Å². The summed E-state index contributed by atoms with van der Waals surface area (Å²) in [7, 11) is 0. The SMILES string of the molecule is O=C(N/N=C/c1ccc[nH]1)c1ccc(C(=O)N/N=C/c2ccc[nH]2)cc1. The summed E-state index contributed by atoms with van der Waals surface area (Å²) in [6.07, 6.45) is 6.52. The van der Waals surface area contributed by atoms with Gasteiger partial charge in [0.1, 0.15) is 0 Å². The number of benzene rings is 1. The van der Waals surface area contributed by atoms with Gasteiger partial charge in [-0.3, -0.25) is 9.59 Å². The summed E-state index contributed by atoms with van der Waals surface area (Å²) < 4.78 is 0. The Labute approximate surface area is 149 Å². The van der Waals surface area contributed by atoms with Crippen molar-refractivity contribution in [3.8, 4) is 0 Å². The van der Waals surface area contributed by atoms with E-state index in [0.29, 0.717) is 11.1 Å². The number of hydrogen-bond donors (Lipinski definition) is 4. The molecule has 0 aliphatic carbocycles. The molecule has 130 valence electrons. The number of nitrogens with zero attached hydrogens (tertiary/aromatic N) is 2. The van der Waals surface area contributed by atoms with Crippen LogP contribution >= 0.6 is 0 Å². The number of H-pyrrole nitrogens is 2. The fraction of sp³-hybridized carbons (Fsp3) is 0. The molecule has 2 aromatic heterocycles. The maximum atomic E-state index is 12.0. The number of nitrogens with one attached hydrogen (secondary N) is 4. The molecule has 3 aromatic rings. The number of amides is 2. The maximum Gasteiger partial charge on any atom is 0.271 e. The van der Waals surface area contributed by atoms with Gasteiger partial charge in [0.05, 0.1) is 23.8 Å². The minimum absolute atomic E-state index is 0.371. The first kappa shape index (κ1) is 16.9. The lowest BCUT2D eigenvalue weighted by Gasteiger charge is -2.02. The monoisotopic (exact) mass is 348 g/mol. The zero-order valence-corrected chi connectivity index (χ0v) is 13.6. The normalized spacial score (nSPS) is 11.1. The summed E-state index contributed by atoms with van der Waals surface area (Å²) in [5.41, 5.74) is 7.17. The minimum atomic E-state index is -0.371. The number of aromatic nitrogens is 2. The molecule has 4 N–H and O–H groups in total. The Morgan fingerprint density at radius 2 is 1.15 bits per heavy atom. The molecular weight excluding hydrogens is 332 g/mol. The van der Waals surface area contributed by atoms with Crippen LogP contribution in [-0.4, -0.2) is 34.2 Å². The summed E-state index contributed by atoms with van der Waals surface area (Å²) in [5, 5.41) is 7.71. The molecule has 0 unspecified atom stereocenters. The van der Waals surface area contributed by atoms with Gasteiger partial charge in [0.25, 0.3) is 11.8 Å². The molecule has 26 heavy (non-hydrogen) atoms. The molecule has 2 amide bonds. The van der Waals surface area contributed by atoms with Gasteiger partial charge in [-0.05, 0) is 48.5 Å². The molecular formula is C18H16N6O2. The largest absolute Gasteiger partial charge is 0.360 e. The van der Waals surface area contributed by atoms with Gasteiger partial charge in [-0.1, -0.05) is 0 Å². The van der Waals surface area contributed by atoms with Crippen LogP contribution < -0.4 is 10.9 Å². The van der Waals surface area contributed by atoms with Crippen molar-refractivity contribution in [2.24, 2.45) is 10.2 Å². The first-order valence-corrected chi connectivity index (χ1v) is 7.76. The number of hydrogen-bond acceptors (Lipinski definition) is 4. The molecule has 0 saturated carbocycles. The Morgan fingerprint density at radius 1 is 0.731 bits per heavy atom. The van der Waals surface area contributed by atoms with Gasteiger partial charge in [-0.25, -0.2) is 10.9 Å². The van der Waals surface area contributed by atoms with Crippen LogP contribution in [0.5, 0.6) is 0 Å². The Balaban J connectivity index is 1.53. The van der Waals surface area contributed by atoms with Gasteiger partial charge >= 0.3 is 0 Å². The van der Waals surface area contributed by atoms with Crippen LogP contribution in [0.2, 0.25) is 0 Å². The van der Waals surface area contributed by atoms with Crippen LogP contribution in [0, 0.1) is 0 Å². The minimum Gasteiger partial charge on any atom is -0.360 e. The van der Waals surface area contributed by atoms with Crippen molar-refractivity contribution in [3.63, 3.8) is 0 Å². The van der Waals surface area contributed by atoms with Gasteiger partial charge < -0.3 is 9.97 Å². The molecule has 0 spiro atoms. The van der Waals surface area contributed by atoms with Crippen molar-refractivity contribution in [2.45, 2.75) is 0 Å². The molecule has 0 atom stereocenters. The molecule has 8 nitrogen and oxygen atoms in total. The molecule has 0 saturated heterocycles. The number of carbonyl (C=O) groups excluding carboxylic acids is 2. The Morgan fingerprint density at radius 3 is 1.50 bits per heavy atom. The number of hydrazone groups is 2. The molecule has 0 bridgehead atoms. The van der Waals surface area contributed by atoms with Crippen LogP contribution in [0.15, 0.2) is 71.1 Å². The lowest BCUT2D eigenvalue weighted by Crippen LogP contribution is -2.19. The van der Waals surface area contributed by atoms with Gasteiger partial charge in [0, 0.05) is 23.5 Å². The van der Waals surface area contributed by atoms with E-state index < -0.39 is 0 Å². The molecule has 8 heteroatoms. The van der Waals surface area contributed by atoms with Gasteiger partial charge in [-0.15, -0.1) is 0 Å². The van der Waals surface area contributed by atoms with Crippen molar-refractivity contribution in [1.82, 2.24) is 20.8 Å². The second-order valence-corrected chi connectivity index (χ2v) is 5.23. The van der Waals surface area contributed by atoms with Crippen molar-refractivity contribution < 1.29 is 9.59 Å². The third-order valence-corrected chi connectivity index (χ3v) is 3.39. The third-order valence-electron chi connectivity index (χ3n) is 3.39. The van der Waals surface area contributed by atoms with Crippen LogP contribution in [0.3, 0.4) is 0 Å². The molecule has 0 radical (unpaired) electrons. The fourth-order valence-corrected chi connectivity index (χ4v) is 2.07. The molecule has 0 aliphatic rings. The van der Waals surface area contributed by atoms with E-state index in [2.05, 4.69) is 31.0 Å². The van der Waals surface area contributed by atoms with Gasteiger partial charge in [-0.2, -0.15) is 10.2 Å². The predicted molar refractivity (Wildman–Crippen MR) is 98.1 cm³/mol. The van der Waals surface area contributed by atoms with Gasteiger partial charge in [0.2, 0.25) is 0 Å². The second kappa shape index (κ2) is 8.25.